The Labute approximate surface area is 882 Å². The summed E-state index contributed by atoms with van der Waals surface area (Å²) in [7, 11) is 0. The summed E-state index contributed by atoms with van der Waals surface area (Å²) in [5, 5.41) is 8.81. The van der Waals surface area contributed by atoms with Crippen molar-refractivity contribution in [3.05, 3.63) is 470 Å². The average Bonchev–Trinajstić information content (AvgIpc) is 1.56. The number of fused-ring (bicyclic) bond motifs is 20. The van der Waals surface area contributed by atoms with Crippen LogP contribution in [0.3, 0.4) is 0 Å². The van der Waals surface area contributed by atoms with Crippen LogP contribution in [0, 0.1) is 0 Å². The molecule has 0 saturated heterocycles. The number of nitrogens with zero attached hydrogens (tertiary/aromatic N) is 10. The van der Waals surface area contributed by atoms with Crippen LogP contribution in [0.1, 0.15) is 74.9 Å². The molecule has 710 valence electrons. The molecule has 150 heavy (non-hydrogen) atoms. The van der Waals surface area contributed by atoms with Crippen molar-refractivity contribution in [3.63, 3.8) is 0 Å². The molecule has 0 aliphatic heterocycles. The number of aromatic nitrogens is 10. The SMILES string of the molecule is CC1(C)c2ccccc2-c2nc(-c3cc(-c4ccccn4)cc(-c4ccccn4)c3)nc(-c3cccc(-c4cccc5c4sc4ccccc45)c3)c21.CC1(C)c2ccccc2-c2nc(-c3cccc(-c4nc5ccccc5o4)c3)nc(-c3cccc(-c4cccc5c4sc4ccccc45)c3)c21.CC1(C)c2ccccc2-c2nc(-c3cccc(-c4nc5ccccc5s4)c3)nc(-c3cccc(-c4cccc5c4sc4ccccc45)c3)c21. The molecular formula is C135H90N10OS4. The smallest absolute Gasteiger partial charge is 0.227 e. The minimum absolute atomic E-state index is 0.260. The number of thiophene rings is 3. The van der Waals surface area contributed by atoms with Gasteiger partial charge in [-0.1, -0.05) is 345 Å². The monoisotopic (exact) mass is 1990 g/mol. The fraction of sp³-hybridized carbons (Fsp3) is 0.0667. The number of benzene rings is 17. The van der Waals surface area contributed by atoms with Gasteiger partial charge in [0.1, 0.15) is 10.5 Å². The molecule has 0 bridgehead atoms. The number of rotatable bonds is 13. The van der Waals surface area contributed by atoms with Gasteiger partial charge in [0.25, 0.3) is 0 Å². The lowest BCUT2D eigenvalue weighted by Gasteiger charge is -2.24. The maximum Gasteiger partial charge on any atom is 0.227 e. The predicted octanol–water partition coefficient (Wildman–Crippen LogP) is 36.7. The Morgan fingerprint density at radius 2 is 0.513 bits per heavy atom. The number of thiazole rings is 1. The maximum atomic E-state index is 6.14. The van der Waals surface area contributed by atoms with Gasteiger partial charge in [0.2, 0.25) is 5.89 Å². The van der Waals surface area contributed by atoms with Crippen molar-refractivity contribution >= 4 is 127 Å². The van der Waals surface area contributed by atoms with E-state index in [9.17, 15) is 0 Å². The van der Waals surface area contributed by atoms with Gasteiger partial charge >= 0.3 is 0 Å². The molecule has 30 rings (SSSR count). The van der Waals surface area contributed by atoms with Gasteiger partial charge in [-0.25, -0.2) is 39.9 Å². The first kappa shape index (κ1) is 89.9. The molecule has 11 nitrogen and oxygen atoms in total. The Morgan fingerprint density at radius 1 is 0.207 bits per heavy atom. The Hall–Kier alpha value is -17.7. The van der Waals surface area contributed by atoms with Crippen LogP contribution in [0.2, 0.25) is 0 Å². The van der Waals surface area contributed by atoms with E-state index in [0.29, 0.717) is 17.5 Å². The zero-order valence-electron chi connectivity index (χ0n) is 82.6. The van der Waals surface area contributed by atoms with Crippen molar-refractivity contribution in [3.8, 4) is 180 Å². The van der Waals surface area contributed by atoms with Crippen LogP contribution >= 0.6 is 45.3 Å². The Morgan fingerprint density at radius 3 is 0.933 bits per heavy atom. The highest BCUT2D eigenvalue weighted by atomic mass is 32.1. The molecule has 0 fully saturated rings. The van der Waals surface area contributed by atoms with Gasteiger partial charge in [0, 0.05) is 178 Å². The van der Waals surface area contributed by atoms with Crippen molar-refractivity contribution in [1.29, 1.82) is 0 Å². The zero-order valence-corrected chi connectivity index (χ0v) is 85.8. The first-order chi connectivity index (χ1) is 73.6. The van der Waals surface area contributed by atoms with E-state index in [-0.39, 0.29) is 16.2 Å². The molecule has 3 aliphatic carbocycles. The largest absolute Gasteiger partial charge is 0.436 e. The number of hydrogen-bond donors (Lipinski definition) is 0. The third-order valence-corrected chi connectivity index (χ3v) is 34.9. The van der Waals surface area contributed by atoms with Crippen LogP contribution in [0.25, 0.3) is 261 Å². The second kappa shape index (κ2) is 35.9. The maximum absolute atomic E-state index is 6.14. The Balaban J connectivity index is 0.000000108. The summed E-state index contributed by atoms with van der Waals surface area (Å²) in [5.74, 6) is 2.66. The highest BCUT2D eigenvalue weighted by molar-refractivity contribution is 7.27. The summed E-state index contributed by atoms with van der Waals surface area (Å²) in [6.07, 6.45) is 3.66. The van der Waals surface area contributed by atoms with Gasteiger partial charge in [-0.2, -0.15) is 0 Å². The van der Waals surface area contributed by atoms with E-state index < -0.39 is 0 Å². The number of hydrogen-bond acceptors (Lipinski definition) is 15. The standard InChI is InChI=1S/C47H32N4S.C44H29N3OS.C44H29N3S2/c1-47(2)38-19-5-3-16-37(38)44-42(47)43(30-14-11-13-29(25-30)34-17-12-18-36-35-15-4-6-22-41(35)52-45(34)36)50-46(51-44)33-27-31(39-20-7-9-23-48-39)26-32(28-33)40-21-8-10-24-49-40;1-44(2)34-20-5-3-17-33(34)40-38(44)39(46-42(47-40)28-14-10-15-29(25-28)43-45-35-21-6-7-22-36(35)48-43)27-13-9-12-26(24-27)30-18-11-19-32-31-16-4-8-23-37(31)49-41(30)32;1-44(2)34-20-5-3-17-33(34)40-38(44)39(46-42(47-40)28-14-10-15-29(25-28)43-45-35-21-6-8-23-37(35)49-43)27-13-9-12-26(24-27)30-18-11-19-32-31-16-4-7-22-36(31)48-41(30)32/h3-28H,1-2H3;2*3-25H,1-2H3. The molecular weight excluding hydrogens is 1910 g/mol. The average molecular weight is 2000 g/mol. The summed E-state index contributed by atoms with van der Waals surface area (Å²) >= 11 is 7.30. The van der Waals surface area contributed by atoms with Gasteiger partial charge in [0.15, 0.2) is 23.1 Å². The highest BCUT2D eigenvalue weighted by Gasteiger charge is 2.44. The van der Waals surface area contributed by atoms with Crippen LogP contribution in [-0.4, -0.2) is 49.8 Å². The Bertz CT molecular complexity index is 9690. The molecule has 17 aromatic carbocycles. The lowest BCUT2D eigenvalue weighted by Crippen LogP contribution is -2.17. The van der Waals surface area contributed by atoms with E-state index in [4.69, 9.17) is 54.3 Å². The fourth-order valence-corrected chi connectivity index (χ4v) is 27.7. The van der Waals surface area contributed by atoms with Crippen LogP contribution in [0.4, 0.5) is 0 Å². The van der Waals surface area contributed by atoms with Gasteiger partial charge in [-0.15, -0.1) is 45.3 Å². The first-order valence-electron chi connectivity index (χ1n) is 50.6. The second-order valence-corrected chi connectivity index (χ2v) is 44.5. The topological polar surface area (TPSA) is 142 Å². The zero-order chi connectivity index (χ0) is 100. The van der Waals surface area contributed by atoms with Crippen LogP contribution in [0.5, 0.6) is 0 Å². The van der Waals surface area contributed by atoms with E-state index in [0.717, 1.165) is 151 Å². The molecule has 10 aromatic heterocycles. The number of para-hydroxylation sites is 3. The molecule has 3 aliphatic rings. The van der Waals surface area contributed by atoms with Crippen molar-refractivity contribution in [1.82, 2.24) is 49.8 Å². The molecule has 0 unspecified atom stereocenters. The summed E-state index contributed by atoms with van der Waals surface area (Å²) in [6, 6.07) is 150. The molecule has 0 atom stereocenters. The predicted molar refractivity (Wildman–Crippen MR) is 624 cm³/mol. The molecule has 0 amide bonds. The van der Waals surface area contributed by atoms with E-state index in [1.807, 2.05) is 125 Å². The normalized spacial score (nSPS) is 13.2. The van der Waals surface area contributed by atoms with Crippen molar-refractivity contribution in [2.75, 3.05) is 0 Å². The third kappa shape index (κ3) is 15.2. The lowest BCUT2D eigenvalue weighted by atomic mass is 9.80. The van der Waals surface area contributed by atoms with Gasteiger partial charge in [-0.3, -0.25) is 9.97 Å². The summed E-state index contributed by atoms with van der Waals surface area (Å²) < 4.78 is 15.2. The molecule has 0 saturated carbocycles. The molecule has 27 aromatic rings. The van der Waals surface area contributed by atoms with E-state index in [1.165, 1.54) is 126 Å². The number of pyridine rings is 2. The van der Waals surface area contributed by atoms with Crippen molar-refractivity contribution < 1.29 is 4.42 Å². The van der Waals surface area contributed by atoms with Crippen LogP contribution < -0.4 is 0 Å². The summed E-state index contributed by atoms with van der Waals surface area (Å²) in [5.41, 5.74) is 37.5. The minimum Gasteiger partial charge on any atom is -0.436 e. The van der Waals surface area contributed by atoms with Crippen LogP contribution in [0.15, 0.2) is 441 Å². The number of oxazole rings is 1. The first-order valence-corrected chi connectivity index (χ1v) is 53.9. The summed E-state index contributed by atoms with van der Waals surface area (Å²) in [4.78, 5) is 51.5. The quantitative estimate of drug-likeness (QED) is 0.109. The minimum atomic E-state index is -0.295. The molecule has 0 N–H and O–H groups in total. The van der Waals surface area contributed by atoms with E-state index >= 15 is 0 Å². The van der Waals surface area contributed by atoms with E-state index in [1.54, 1.807) is 11.3 Å². The molecule has 10 heterocycles. The van der Waals surface area contributed by atoms with Crippen LogP contribution in [-0.2, 0) is 16.2 Å². The molecule has 0 spiro atoms. The third-order valence-electron chi connectivity index (χ3n) is 30.2. The lowest BCUT2D eigenvalue weighted by molar-refractivity contribution is 0.620. The van der Waals surface area contributed by atoms with E-state index in [2.05, 4.69) is 387 Å². The van der Waals surface area contributed by atoms with Gasteiger partial charge < -0.3 is 4.42 Å². The molecule has 15 heteroatoms. The Kier molecular flexibility index (Phi) is 21.5. The second-order valence-electron chi connectivity index (χ2n) is 40.3. The van der Waals surface area contributed by atoms with Crippen molar-refractivity contribution in [2.45, 2.75) is 57.8 Å². The fourth-order valence-electron chi connectivity index (χ4n) is 23.0. The summed E-state index contributed by atoms with van der Waals surface area (Å²) in [6.45, 7) is 13.8. The molecule has 0 radical (unpaired) electrons. The van der Waals surface area contributed by atoms with Gasteiger partial charge in [0.05, 0.1) is 55.8 Å². The van der Waals surface area contributed by atoms with Crippen molar-refractivity contribution in [2.24, 2.45) is 0 Å². The highest BCUT2D eigenvalue weighted by Crippen LogP contribution is 2.58. The van der Waals surface area contributed by atoms with Gasteiger partial charge in [-0.05, 0) is 171 Å².